The van der Waals surface area contributed by atoms with Crippen LogP contribution in [0.25, 0.3) is 0 Å². The van der Waals surface area contributed by atoms with E-state index in [1.165, 1.54) is 19.3 Å². The number of rotatable bonds is 6. The van der Waals surface area contributed by atoms with Crippen LogP contribution in [0.3, 0.4) is 0 Å². The van der Waals surface area contributed by atoms with Crippen LogP contribution in [-0.2, 0) is 6.54 Å². The predicted octanol–water partition coefficient (Wildman–Crippen LogP) is 1.90. The van der Waals surface area contributed by atoms with Gasteiger partial charge in [0.05, 0.1) is 17.3 Å². The van der Waals surface area contributed by atoms with E-state index in [2.05, 4.69) is 10.00 Å². The number of likely N-dealkylation sites (tertiary alicyclic amines) is 2. The van der Waals surface area contributed by atoms with Crippen molar-refractivity contribution >= 4 is 11.9 Å². The number of carbonyl (C=O) groups excluding carboxylic acids is 2. The number of carbonyl (C=O) groups is 2. The van der Waals surface area contributed by atoms with Crippen molar-refractivity contribution in [3.63, 3.8) is 0 Å². The maximum Gasteiger partial charge on any atom is 0.319 e. The van der Waals surface area contributed by atoms with Gasteiger partial charge in [0.1, 0.15) is 0 Å². The van der Waals surface area contributed by atoms with Crippen LogP contribution in [0, 0.1) is 6.92 Å². The summed E-state index contributed by atoms with van der Waals surface area (Å²) in [4.78, 5) is 33.9. The molecule has 1 aromatic rings. The lowest BCUT2D eigenvalue weighted by molar-refractivity contribution is 0.0772. The molecule has 29 heavy (non-hydrogen) atoms. The Kier molecular flexibility index (Phi) is 7.16. The van der Waals surface area contributed by atoms with Gasteiger partial charge in [-0.15, -0.1) is 0 Å². The van der Waals surface area contributed by atoms with Crippen LogP contribution in [0.1, 0.15) is 48.7 Å². The van der Waals surface area contributed by atoms with E-state index in [4.69, 9.17) is 0 Å². The van der Waals surface area contributed by atoms with Gasteiger partial charge in [0.25, 0.3) is 5.91 Å². The molecule has 2 fully saturated rings. The van der Waals surface area contributed by atoms with Gasteiger partial charge in [-0.2, -0.15) is 5.10 Å². The van der Waals surface area contributed by atoms with E-state index >= 15 is 0 Å². The second-order valence-corrected chi connectivity index (χ2v) is 8.45. The summed E-state index contributed by atoms with van der Waals surface area (Å²) in [7, 11) is 3.60. The van der Waals surface area contributed by atoms with Gasteiger partial charge in [0, 0.05) is 53.0 Å². The van der Waals surface area contributed by atoms with Crippen LogP contribution in [0.5, 0.6) is 0 Å². The van der Waals surface area contributed by atoms with E-state index in [1.54, 1.807) is 23.7 Å². The van der Waals surface area contributed by atoms with Crippen molar-refractivity contribution in [1.29, 1.82) is 0 Å². The Bertz CT molecular complexity index is 710. The summed E-state index contributed by atoms with van der Waals surface area (Å²) in [6.45, 7) is 9.80. The molecule has 1 atom stereocenters. The summed E-state index contributed by atoms with van der Waals surface area (Å²) in [6, 6.07) is 0.108. The summed E-state index contributed by atoms with van der Waals surface area (Å²) in [6.07, 6.45) is 6.47. The lowest BCUT2D eigenvalue weighted by Crippen LogP contribution is -2.50. The first-order valence-electron chi connectivity index (χ1n) is 10.9. The van der Waals surface area contributed by atoms with Crippen molar-refractivity contribution in [3.8, 4) is 0 Å². The molecule has 0 saturated carbocycles. The van der Waals surface area contributed by atoms with Gasteiger partial charge in [-0.05, 0) is 46.2 Å². The highest BCUT2D eigenvalue weighted by Crippen LogP contribution is 2.21. The van der Waals surface area contributed by atoms with E-state index in [0.29, 0.717) is 18.7 Å². The number of hydrogen-bond donors (Lipinski definition) is 0. The Hall–Kier alpha value is -2.09. The van der Waals surface area contributed by atoms with Crippen LogP contribution < -0.4 is 0 Å². The molecule has 0 aliphatic carbocycles. The van der Waals surface area contributed by atoms with Gasteiger partial charge in [0.2, 0.25) is 0 Å². The van der Waals surface area contributed by atoms with Gasteiger partial charge < -0.3 is 19.6 Å². The lowest BCUT2D eigenvalue weighted by atomic mass is 10.1. The van der Waals surface area contributed by atoms with E-state index in [9.17, 15) is 9.59 Å². The smallest absolute Gasteiger partial charge is 0.319 e. The molecular weight excluding hydrogens is 368 g/mol. The highest BCUT2D eigenvalue weighted by atomic mass is 16.2. The maximum absolute atomic E-state index is 13.0. The van der Waals surface area contributed by atoms with Crippen LogP contribution in [0.2, 0.25) is 0 Å². The SMILES string of the molecule is CCn1cc(C(=O)N2CCC(N(CCN3CCCCC3)C(=O)N(C)C)C2)c(C)n1. The average molecular weight is 405 g/mol. The molecule has 8 nitrogen and oxygen atoms in total. The molecule has 162 valence electrons. The second kappa shape index (κ2) is 9.61. The topological polar surface area (TPSA) is 64.9 Å². The van der Waals surface area contributed by atoms with Gasteiger partial charge >= 0.3 is 6.03 Å². The Morgan fingerprint density at radius 1 is 1.17 bits per heavy atom. The van der Waals surface area contributed by atoms with E-state index < -0.39 is 0 Å². The van der Waals surface area contributed by atoms with E-state index in [0.717, 1.165) is 44.8 Å². The predicted molar refractivity (Wildman–Crippen MR) is 113 cm³/mol. The third-order valence-electron chi connectivity index (χ3n) is 6.13. The fourth-order valence-corrected chi connectivity index (χ4v) is 4.36. The molecule has 2 saturated heterocycles. The third kappa shape index (κ3) is 5.10. The van der Waals surface area contributed by atoms with Crippen LogP contribution in [0.15, 0.2) is 6.20 Å². The van der Waals surface area contributed by atoms with Crippen LogP contribution >= 0.6 is 0 Å². The number of hydrogen-bond acceptors (Lipinski definition) is 4. The molecule has 8 heteroatoms. The third-order valence-corrected chi connectivity index (χ3v) is 6.13. The normalized spacial score (nSPS) is 20.1. The van der Waals surface area contributed by atoms with Crippen molar-refractivity contribution < 1.29 is 9.59 Å². The van der Waals surface area contributed by atoms with Crippen molar-refractivity contribution in [2.24, 2.45) is 0 Å². The van der Waals surface area contributed by atoms with Crippen molar-refractivity contribution in [2.75, 3.05) is 53.4 Å². The number of amides is 3. The Balaban J connectivity index is 1.64. The number of piperidine rings is 1. The summed E-state index contributed by atoms with van der Waals surface area (Å²) in [5, 5.41) is 4.40. The summed E-state index contributed by atoms with van der Waals surface area (Å²) in [5.74, 6) is 0.0259. The number of aryl methyl sites for hydroxylation is 2. The maximum atomic E-state index is 13.0. The first-order chi connectivity index (χ1) is 13.9. The zero-order valence-corrected chi connectivity index (χ0v) is 18.4. The average Bonchev–Trinajstić information content (AvgIpc) is 3.35. The first-order valence-corrected chi connectivity index (χ1v) is 10.9. The minimum Gasteiger partial charge on any atom is -0.336 e. The quantitative estimate of drug-likeness (QED) is 0.726. The minimum atomic E-state index is 0.0259. The largest absolute Gasteiger partial charge is 0.336 e. The highest BCUT2D eigenvalue weighted by molar-refractivity contribution is 5.95. The number of nitrogens with zero attached hydrogens (tertiary/aromatic N) is 6. The molecule has 1 unspecified atom stereocenters. The summed E-state index contributed by atoms with van der Waals surface area (Å²) >= 11 is 0. The van der Waals surface area contributed by atoms with Crippen LogP contribution in [-0.4, -0.2) is 101 Å². The molecule has 3 amide bonds. The lowest BCUT2D eigenvalue weighted by Gasteiger charge is -2.34. The Labute approximate surface area is 174 Å². The Morgan fingerprint density at radius 2 is 1.90 bits per heavy atom. The van der Waals surface area contributed by atoms with Gasteiger partial charge in [0.15, 0.2) is 0 Å². The monoisotopic (exact) mass is 404 g/mol. The van der Waals surface area contributed by atoms with Crippen molar-refractivity contribution in [1.82, 2.24) is 29.4 Å². The number of aromatic nitrogens is 2. The molecule has 2 aliphatic heterocycles. The minimum absolute atomic E-state index is 0.0259. The van der Waals surface area contributed by atoms with E-state index in [-0.39, 0.29) is 18.0 Å². The molecular formula is C21H36N6O2. The molecule has 0 radical (unpaired) electrons. The van der Waals surface area contributed by atoms with Gasteiger partial charge in [-0.25, -0.2) is 4.79 Å². The first kappa shape index (κ1) is 21.6. The van der Waals surface area contributed by atoms with Crippen LogP contribution in [0.4, 0.5) is 4.79 Å². The molecule has 0 N–H and O–H groups in total. The zero-order chi connectivity index (χ0) is 21.0. The summed E-state index contributed by atoms with van der Waals surface area (Å²) < 4.78 is 1.80. The fraction of sp³-hybridized carbons (Fsp3) is 0.762. The fourth-order valence-electron chi connectivity index (χ4n) is 4.36. The standard InChI is InChI=1S/C21H36N6O2/c1-5-26-16-19(17(2)22-26)20(28)25-12-9-18(15-25)27(21(29)23(3)4)14-13-24-10-7-6-8-11-24/h16,18H,5-15H2,1-4H3. The number of urea groups is 1. The van der Waals surface area contributed by atoms with E-state index in [1.807, 2.05) is 29.8 Å². The highest BCUT2D eigenvalue weighted by Gasteiger charge is 2.34. The van der Waals surface area contributed by atoms with Crippen molar-refractivity contribution in [2.45, 2.75) is 52.1 Å². The molecule has 3 rings (SSSR count). The zero-order valence-electron chi connectivity index (χ0n) is 18.4. The summed E-state index contributed by atoms with van der Waals surface area (Å²) in [5.41, 5.74) is 1.44. The Morgan fingerprint density at radius 3 is 2.52 bits per heavy atom. The molecule has 0 aromatic carbocycles. The molecule has 0 bridgehead atoms. The molecule has 0 spiro atoms. The molecule has 1 aromatic heterocycles. The molecule has 2 aliphatic rings. The van der Waals surface area contributed by atoms with Gasteiger partial charge in [-0.3, -0.25) is 9.48 Å². The second-order valence-electron chi connectivity index (χ2n) is 8.45. The van der Waals surface area contributed by atoms with Gasteiger partial charge in [-0.1, -0.05) is 6.42 Å². The molecule has 3 heterocycles. The van der Waals surface area contributed by atoms with Crippen molar-refractivity contribution in [3.05, 3.63) is 17.5 Å².